The van der Waals surface area contributed by atoms with Gasteiger partial charge in [0.15, 0.2) is 17.8 Å². The fourth-order valence-electron chi connectivity index (χ4n) is 1.52. The Labute approximate surface area is 88.7 Å². The minimum atomic E-state index is -0.217. The molecule has 4 heteroatoms. The van der Waals surface area contributed by atoms with Crippen LogP contribution in [0.1, 0.15) is 5.56 Å². The molecule has 1 aliphatic rings. The molecule has 2 rings (SSSR count). The van der Waals surface area contributed by atoms with Crippen LogP contribution in [0.25, 0.3) is 0 Å². The lowest BCUT2D eigenvalue weighted by atomic mass is 10.1. The normalized spacial score (nSPS) is 13.5. The van der Waals surface area contributed by atoms with Crippen LogP contribution in [0.2, 0.25) is 0 Å². The Hall–Kier alpha value is -1.26. The second kappa shape index (κ2) is 4.51. The van der Waals surface area contributed by atoms with Gasteiger partial charge in [0.05, 0.1) is 0 Å². The van der Waals surface area contributed by atoms with Gasteiger partial charge in [-0.1, -0.05) is 6.07 Å². The first-order chi connectivity index (χ1) is 7.33. The van der Waals surface area contributed by atoms with Crippen molar-refractivity contribution in [3.63, 3.8) is 0 Å². The minimum absolute atomic E-state index is 0.217. The van der Waals surface area contributed by atoms with Gasteiger partial charge in [-0.2, -0.15) is 0 Å². The molecule has 0 bridgehead atoms. The highest BCUT2D eigenvalue weighted by Crippen LogP contribution is 2.32. The molecule has 0 N–H and O–H groups in total. The molecule has 1 aliphatic heterocycles. The highest BCUT2D eigenvalue weighted by atomic mass is 16.7. The summed E-state index contributed by atoms with van der Waals surface area (Å²) in [6, 6.07) is 5.84. The summed E-state index contributed by atoms with van der Waals surface area (Å²) in [5.41, 5.74) is 1.10. The molecule has 0 spiro atoms. The molecule has 4 nitrogen and oxygen atoms in total. The van der Waals surface area contributed by atoms with Gasteiger partial charge < -0.3 is 18.9 Å². The lowest BCUT2D eigenvalue weighted by Gasteiger charge is -2.13. The number of hydrogen-bond acceptors (Lipinski definition) is 4. The molecule has 82 valence electrons. The van der Waals surface area contributed by atoms with Gasteiger partial charge in [-0.25, -0.2) is 0 Å². The zero-order valence-corrected chi connectivity index (χ0v) is 8.86. The molecule has 15 heavy (non-hydrogen) atoms. The van der Waals surface area contributed by atoms with E-state index in [9.17, 15) is 0 Å². The third kappa shape index (κ3) is 2.22. The van der Waals surface area contributed by atoms with E-state index in [-0.39, 0.29) is 6.29 Å². The predicted molar refractivity (Wildman–Crippen MR) is 54.1 cm³/mol. The predicted octanol–water partition coefficient (Wildman–Crippen LogP) is 1.58. The van der Waals surface area contributed by atoms with Gasteiger partial charge in [0, 0.05) is 20.6 Å². The summed E-state index contributed by atoms with van der Waals surface area (Å²) in [6.45, 7) is 0.302. The maximum atomic E-state index is 5.28. The highest BCUT2D eigenvalue weighted by Gasteiger charge is 2.14. The summed E-state index contributed by atoms with van der Waals surface area (Å²) in [5, 5.41) is 0. The molecule has 0 amide bonds. The Kier molecular flexibility index (Phi) is 3.08. The van der Waals surface area contributed by atoms with Gasteiger partial charge in [-0.3, -0.25) is 0 Å². The summed E-state index contributed by atoms with van der Waals surface area (Å²) >= 11 is 0. The Morgan fingerprint density at radius 3 is 2.67 bits per heavy atom. The smallest absolute Gasteiger partial charge is 0.231 e. The van der Waals surface area contributed by atoms with Crippen molar-refractivity contribution in [2.75, 3.05) is 21.0 Å². The molecule has 0 saturated heterocycles. The number of ether oxygens (including phenoxy) is 4. The largest absolute Gasteiger partial charge is 0.454 e. The standard InChI is InChI=1S/C11H14O4/c1-12-11(13-2)6-8-3-4-9-10(5-8)15-7-14-9/h3-5,11H,6-7H2,1-2H3. The van der Waals surface area contributed by atoms with Crippen LogP contribution in [0.15, 0.2) is 18.2 Å². The van der Waals surface area contributed by atoms with Crippen molar-refractivity contribution < 1.29 is 18.9 Å². The molecule has 0 saturated carbocycles. The molecular formula is C11H14O4. The molecule has 1 aromatic carbocycles. The maximum Gasteiger partial charge on any atom is 0.231 e. The van der Waals surface area contributed by atoms with Crippen molar-refractivity contribution in [3.8, 4) is 11.5 Å². The van der Waals surface area contributed by atoms with E-state index in [0.717, 1.165) is 17.1 Å². The van der Waals surface area contributed by atoms with E-state index in [4.69, 9.17) is 18.9 Å². The van der Waals surface area contributed by atoms with E-state index in [1.807, 2.05) is 18.2 Å². The van der Waals surface area contributed by atoms with Gasteiger partial charge in [0.2, 0.25) is 6.79 Å². The minimum Gasteiger partial charge on any atom is -0.454 e. The Bertz CT molecular complexity index is 333. The number of fused-ring (bicyclic) bond motifs is 1. The van der Waals surface area contributed by atoms with Gasteiger partial charge in [0.1, 0.15) is 0 Å². The van der Waals surface area contributed by atoms with Crippen LogP contribution >= 0.6 is 0 Å². The first-order valence-corrected chi connectivity index (χ1v) is 4.77. The highest BCUT2D eigenvalue weighted by molar-refractivity contribution is 5.44. The Balaban J connectivity index is 2.09. The van der Waals surface area contributed by atoms with Crippen LogP contribution in [0.4, 0.5) is 0 Å². The van der Waals surface area contributed by atoms with Gasteiger partial charge in [-0.15, -0.1) is 0 Å². The maximum absolute atomic E-state index is 5.28. The molecule has 1 aromatic rings. The zero-order valence-electron chi connectivity index (χ0n) is 8.86. The van der Waals surface area contributed by atoms with Crippen molar-refractivity contribution in [2.45, 2.75) is 12.7 Å². The Morgan fingerprint density at radius 1 is 1.20 bits per heavy atom. The molecule has 1 heterocycles. The lowest BCUT2D eigenvalue weighted by molar-refractivity contribution is -0.100. The van der Waals surface area contributed by atoms with E-state index in [1.54, 1.807) is 14.2 Å². The lowest BCUT2D eigenvalue weighted by Crippen LogP contribution is -2.15. The van der Waals surface area contributed by atoms with E-state index in [0.29, 0.717) is 13.2 Å². The second-order valence-electron chi connectivity index (χ2n) is 3.29. The van der Waals surface area contributed by atoms with Crippen LogP contribution < -0.4 is 9.47 Å². The van der Waals surface area contributed by atoms with Crippen molar-refractivity contribution in [1.29, 1.82) is 0 Å². The van der Waals surface area contributed by atoms with Crippen LogP contribution in [-0.4, -0.2) is 27.3 Å². The summed E-state index contributed by atoms with van der Waals surface area (Å²) in [7, 11) is 3.25. The fourth-order valence-corrected chi connectivity index (χ4v) is 1.52. The molecule has 0 atom stereocenters. The van der Waals surface area contributed by atoms with Crippen LogP contribution in [0.3, 0.4) is 0 Å². The molecule has 0 aliphatic carbocycles. The van der Waals surface area contributed by atoms with Crippen molar-refractivity contribution in [2.24, 2.45) is 0 Å². The Morgan fingerprint density at radius 2 is 1.93 bits per heavy atom. The SMILES string of the molecule is COC(Cc1ccc2c(c1)OCO2)OC. The number of methoxy groups -OCH3 is 2. The summed E-state index contributed by atoms with van der Waals surface area (Å²) in [5.74, 6) is 1.59. The average molecular weight is 210 g/mol. The fraction of sp³-hybridized carbons (Fsp3) is 0.455. The first-order valence-electron chi connectivity index (χ1n) is 4.77. The third-order valence-electron chi connectivity index (χ3n) is 2.37. The monoisotopic (exact) mass is 210 g/mol. The molecule has 0 aromatic heterocycles. The second-order valence-corrected chi connectivity index (χ2v) is 3.29. The van der Waals surface area contributed by atoms with Gasteiger partial charge in [0.25, 0.3) is 0 Å². The van der Waals surface area contributed by atoms with Crippen LogP contribution in [-0.2, 0) is 15.9 Å². The van der Waals surface area contributed by atoms with Crippen LogP contribution in [0.5, 0.6) is 11.5 Å². The van der Waals surface area contributed by atoms with E-state index >= 15 is 0 Å². The van der Waals surface area contributed by atoms with Crippen molar-refractivity contribution in [1.82, 2.24) is 0 Å². The average Bonchev–Trinajstić information content (AvgIpc) is 2.73. The van der Waals surface area contributed by atoms with Gasteiger partial charge >= 0.3 is 0 Å². The zero-order chi connectivity index (χ0) is 10.7. The first kappa shape index (κ1) is 10.3. The summed E-state index contributed by atoms with van der Waals surface area (Å²) in [4.78, 5) is 0. The molecule has 0 unspecified atom stereocenters. The number of rotatable bonds is 4. The summed E-state index contributed by atoms with van der Waals surface area (Å²) < 4.78 is 20.8. The van der Waals surface area contributed by atoms with E-state index in [2.05, 4.69) is 0 Å². The van der Waals surface area contributed by atoms with Crippen molar-refractivity contribution >= 4 is 0 Å². The van der Waals surface area contributed by atoms with Crippen molar-refractivity contribution in [3.05, 3.63) is 23.8 Å². The van der Waals surface area contributed by atoms with E-state index < -0.39 is 0 Å². The van der Waals surface area contributed by atoms with Crippen LogP contribution in [0, 0.1) is 0 Å². The molecule has 0 radical (unpaired) electrons. The summed E-state index contributed by atoms with van der Waals surface area (Å²) in [6.07, 6.45) is 0.481. The van der Waals surface area contributed by atoms with E-state index in [1.165, 1.54) is 0 Å². The van der Waals surface area contributed by atoms with Gasteiger partial charge in [-0.05, 0) is 17.7 Å². The molecular weight excluding hydrogens is 196 g/mol. The molecule has 0 fully saturated rings. The topological polar surface area (TPSA) is 36.9 Å². The number of hydrogen-bond donors (Lipinski definition) is 0. The quantitative estimate of drug-likeness (QED) is 0.707. The third-order valence-corrected chi connectivity index (χ3v) is 2.37. The number of benzene rings is 1.